The summed E-state index contributed by atoms with van der Waals surface area (Å²) in [6, 6.07) is 11.0. The third kappa shape index (κ3) is 3.40. The fourth-order valence-electron chi connectivity index (χ4n) is 1.77. The summed E-state index contributed by atoms with van der Waals surface area (Å²) in [7, 11) is 1.62. The minimum Gasteiger partial charge on any atom is -0.497 e. The first-order valence-electron chi connectivity index (χ1n) is 6.46. The van der Waals surface area contributed by atoms with Crippen molar-refractivity contribution >= 4 is 23.4 Å². The van der Waals surface area contributed by atoms with Crippen LogP contribution in [0.25, 0.3) is 11.5 Å². The van der Waals surface area contributed by atoms with E-state index in [2.05, 4.69) is 15.1 Å². The number of nitrogens with zero attached hydrogens (tertiary/aromatic N) is 3. The average molecular weight is 334 g/mol. The zero-order chi connectivity index (χ0) is 15.4. The van der Waals surface area contributed by atoms with Crippen LogP contribution in [0.4, 0.5) is 0 Å². The van der Waals surface area contributed by atoms with Gasteiger partial charge in [0.15, 0.2) is 5.82 Å². The van der Waals surface area contributed by atoms with Gasteiger partial charge in [-0.05, 0) is 36.4 Å². The van der Waals surface area contributed by atoms with Gasteiger partial charge in [-0.2, -0.15) is 4.98 Å². The molecule has 2 heterocycles. The van der Waals surface area contributed by atoms with Crippen molar-refractivity contribution in [2.45, 2.75) is 10.8 Å². The highest BCUT2D eigenvalue weighted by molar-refractivity contribution is 7.98. The monoisotopic (exact) mass is 333 g/mol. The average Bonchev–Trinajstić information content (AvgIpc) is 3.03. The first kappa shape index (κ1) is 14.9. The Morgan fingerprint density at radius 1 is 1.23 bits per heavy atom. The van der Waals surface area contributed by atoms with Gasteiger partial charge in [-0.3, -0.25) is 0 Å². The van der Waals surface area contributed by atoms with Crippen molar-refractivity contribution in [2.24, 2.45) is 0 Å². The number of benzene rings is 1. The topological polar surface area (TPSA) is 61.0 Å². The Labute approximate surface area is 136 Å². The number of hydrogen-bond donors (Lipinski definition) is 0. The number of rotatable bonds is 5. The maximum absolute atomic E-state index is 6.06. The molecule has 2 aromatic heterocycles. The Hall–Kier alpha value is -2.05. The predicted octanol–water partition coefficient (Wildman–Crippen LogP) is 4.09. The smallest absolute Gasteiger partial charge is 0.257 e. The highest BCUT2D eigenvalue weighted by Gasteiger charge is 2.10. The second-order valence-electron chi connectivity index (χ2n) is 4.32. The van der Waals surface area contributed by atoms with Crippen molar-refractivity contribution in [1.29, 1.82) is 0 Å². The van der Waals surface area contributed by atoms with E-state index < -0.39 is 0 Å². The van der Waals surface area contributed by atoms with E-state index in [1.165, 1.54) is 11.8 Å². The van der Waals surface area contributed by atoms with Gasteiger partial charge in [0.1, 0.15) is 10.8 Å². The van der Waals surface area contributed by atoms with E-state index in [1.54, 1.807) is 25.4 Å². The Balaban J connectivity index is 1.69. The van der Waals surface area contributed by atoms with Crippen LogP contribution in [-0.2, 0) is 5.75 Å². The van der Waals surface area contributed by atoms with E-state index >= 15 is 0 Å². The van der Waals surface area contributed by atoms with Gasteiger partial charge >= 0.3 is 0 Å². The molecule has 0 aliphatic carbocycles. The predicted molar refractivity (Wildman–Crippen MR) is 85.1 cm³/mol. The van der Waals surface area contributed by atoms with Gasteiger partial charge < -0.3 is 9.26 Å². The van der Waals surface area contributed by atoms with Crippen LogP contribution >= 0.6 is 23.4 Å². The molecular formula is C15H12ClN3O2S. The highest BCUT2D eigenvalue weighted by Crippen LogP contribution is 2.27. The molecule has 3 aromatic rings. The zero-order valence-corrected chi connectivity index (χ0v) is 13.3. The number of hydrogen-bond acceptors (Lipinski definition) is 6. The van der Waals surface area contributed by atoms with Crippen LogP contribution in [0.15, 0.2) is 52.1 Å². The lowest BCUT2D eigenvalue weighted by atomic mass is 10.2. The Kier molecular flexibility index (Phi) is 4.60. The second kappa shape index (κ2) is 6.81. The molecule has 0 fully saturated rings. The summed E-state index contributed by atoms with van der Waals surface area (Å²) in [5.41, 5.74) is 0.848. The van der Waals surface area contributed by atoms with E-state index in [0.717, 1.165) is 16.3 Å². The Morgan fingerprint density at radius 2 is 2.05 bits per heavy atom. The molecule has 7 heteroatoms. The maximum Gasteiger partial charge on any atom is 0.257 e. The second-order valence-corrected chi connectivity index (χ2v) is 5.69. The summed E-state index contributed by atoms with van der Waals surface area (Å²) in [6.07, 6.45) is 1.70. The van der Waals surface area contributed by atoms with Gasteiger partial charge in [-0.25, -0.2) is 4.98 Å². The number of aromatic nitrogens is 3. The van der Waals surface area contributed by atoms with E-state index in [9.17, 15) is 0 Å². The molecule has 0 N–H and O–H groups in total. The van der Waals surface area contributed by atoms with Gasteiger partial charge in [0.2, 0.25) is 0 Å². The number of ether oxygens (including phenoxy) is 1. The van der Waals surface area contributed by atoms with E-state index in [4.69, 9.17) is 20.9 Å². The summed E-state index contributed by atoms with van der Waals surface area (Å²) in [4.78, 5) is 8.58. The zero-order valence-electron chi connectivity index (χ0n) is 11.7. The molecule has 22 heavy (non-hydrogen) atoms. The molecule has 0 saturated carbocycles. The van der Waals surface area contributed by atoms with Crippen LogP contribution in [0.1, 0.15) is 5.82 Å². The van der Waals surface area contributed by atoms with Crippen LogP contribution in [0.3, 0.4) is 0 Å². The van der Waals surface area contributed by atoms with Crippen molar-refractivity contribution in [3.05, 3.63) is 53.4 Å². The summed E-state index contributed by atoms with van der Waals surface area (Å²) in [5, 5.41) is 5.34. The van der Waals surface area contributed by atoms with Crippen LogP contribution in [0.5, 0.6) is 5.75 Å². The third-order valence-electron chi connectivity index (χ3n) is 2.87. The quantitative estimate of drug-likeness (QED) is 0.655. The molecule has 1 aromatic carbocycles. The van der Waals surface area contributed by atoms with Gasteiger partial charge in [0, 0.05) is 11.8 Å². The Bertz CT molecular complexity index is 761. The van der Waals surface area contributed by atoms with Crippen molar-refractivity contribution in [2.75, 3.05) is 7.11 Å². The number of thioether (sulfide) groups is 1. The molecule has 0 aliphatic heterocycles. The van der Waals surface area contributed by atoms with Crippen molar-refractivity contribution in [3.63, 3.8) is 0 Å². The first-order valence-corrected chi connectivity index (χ1v) is 7.83. The molecule has 0 unspecified atom stereocenters. The fraction of sp³-hybridized carbons (Fsp3) is 0.133. The third-order valence-corrected chi connectivity index (χ3v) is 4.29. The number of halogens is 1. The largest absolute Gasteiger partial charge is 0.497 e. The van der Waals surface area contributed by atoms with Gasteiger partial charge in [-0.15, -0.1) is 0 Å². The van der Waals surface area contributed by atoms with Crippen molar-refractivity contribution in [1.82, 2.24) is 15.1 Å². The van der Waals surface area contributed by atoms with Crippen LogP contribution in [-0.4, -0.2) is 22.2 Å². The fourth-order valence-corrected chi connectivity index (χ4v) is 2.78. The number of pyridine rings is 1. The summed E-state index contributed by atoms with van der Waals surface area (Å²) < 4.78 is 10.4. The molecule has 0 bridgehead atoms. The molecule has 5 nitrogen and oxygen atoms in total. The van der Waals surface area contributed by atoms with E-state index in [-0.39, 0.29) is 0 Å². The molecule has 0 atom stereocenters. The van der Waals surface area contributed by atoms with Crippen LogP contribution in [0.2, 0.25) is 5.02 Å². The van der Waals surface area contributed by atoms with Gasteiger partial charge in [-0.1, -0.05) is 28.5 Å². The minimum absolute atomic E-state index is 0.477. The molecule has 0 spiro atoms. The SMILES string of the molecule is COc1ccc(-c2nc(CSc3ncccc3Cl)no2)cc1. The molecule has 112 valence electrons. The standard InChI is InChI=1S/C15H12ClN3O2S/c1-20-11-6-4-10(5-7-11)14-18-13(19-21-14)9-22-15-12(16)3-2-8-17-15/h2-8H,9H2,1H3. The molecular weight excluding hydrogens is 322 g/mol. The lowest BCUT2D eigenvalue weighted by molar-refractivity contribution is 0.414. The number of methoxy groups -OCH3 is 1. The minimum atomic E-state index is 0.477. The van der Waals surface area contributed by atoms with Gasteiger partial charge in [0.05, 0.1) is 17.9 Å². The normalized spacial score (nSPS) is 10.6. The molecule has 0 radical (unpaired) electrons. The molecule has 3 rings (SSSR count). The molecule has 0 amide bonds. The lowest BCUT2D eigenvalue weighted by Gasteiger charge is -1.99. The van der Waals surface area contributed by atoms with Crippen molar-refractivity contribution < 1.29 is 9.26 Å². The summed E-state index contributed by atoms with van der Waals surface area (Å²) >= 11 is 7.53. The van der Waals surface area contributed by atoms with E-state index in [1.807, 2.05) is 24.3 Å². The first-order chi connectivity index (χ1) is 10.8. The highest BCUT2D eigenvalue weighted by atomic mass is 35.5. The van der Waals surface area contributed by atoms with Crippen LogP contribution in [0, 0.1) is 0 Å². The van der Waals surface area contributed by atoms with Crippen LogP contribution < -0.4 is 4.74 Å². The van der Waals surface area contributed by atoms with Gasteiger partial charge in [0.25, 0.3) is 5.89 Å². The Morgan fingerprint density at radius 3 is 2.77 bits per heavy atom. The lowest BCUT2D eigenvalue weighted by Crippen LogP contribution is -1.87. The van der Waals surface area contributed by atoms with E-state index in [0.29, 0.717) is 22.5 Å². The maximum atomic E-state index is 6.06. The van der Waals surface area contributed by atoms with Crippen molar-refractivity contribution in [3.8, 4) is 17.2 Å². The molecule has 0 aliphatic rings. The summed E-state index contributed by atoms with van der Waals surface area (Å²) in [6.45, 7) is 0. The summed E-state index contributed by atoms with van der Waals surface area (Å²) in [5.74, 6) is 2.39. The molecule has 0 saturated heterocycles.